The Balaban J connectivity index is 2.36. The molecule has 0 aliphatic carbocycles. The summed E-state index contributed by atoms with van der Waals surface area (Å²) in [5.41, 5.74) is 5.14. The van der Waals surface area contributed by atoms with E-state index in [1.807, 2.05) is 23.0 Å². The number of nitrogens with two attached hydrogens (primary N) is 1. The normalized spacial score (nSPS) is 12.6. The first-order valence-electron chi connectivity index (χ1n) is 5.99. The number of halogens is 1. The zero-order chi connectivity index (χ0) is 13.0. The minimum atomic E-state index is -0.0197. The van der Waals surface area contributed by atoms with Crippen LogP contribution in [0.1, 0.15) is 30.6 Å². The second-order valence-electron chi connectivity index (χ2n) is 4.13. The highest BCUT2D eigenvalue weighted by Gasteiger charge is 2.16. The molecular formula is C13H17IN4. The molecule has 0 amide bonds. The average Bonchev–Trinajstić information content (AvgIpc) is 2.79. The highest BCUT2D eigenvalue weighted by molar-refractivity contribution is 14.1. The van der Waals surface area contributed by atoms with Crippen molar-refractivity contribution in [3.05, 3.63) is 51.4 Å². The van der Waals surface area contributed by atoms with Gasteiger partial charge in [0.25, 0.3) is 0 Å². The lowest BCUT2D eigenvalue weighted by Crippen LogP contribution is -2.30. The Hall–Kier alpha value is -0.920. The maximum Gasteiger partial charge on any atom is 0.0878 e. The fourth-order valence-corrected chi connectivity index (χ4v) is 2.59. The van der Waals surface area contributed by atoms with Gasteiger partial charge >= 0.3 is 0 Å². The molecule has 1 aromatic heterocycles. The van der Waals surface area contributed by atoms with Crippen molar-refractivity contribution in [3.8, 4) is 0 Å². The first kappa shape index (κ1) is 13.5. The molecule has 0 aliphatic heterocycles. The highest BCUT2D eigenvalue weighted by atomic mass is 127. The Kier molecular flexibility index (Phi) is 4.73. The molecule has 96 valence electrons. The summed E-state index contributed by atoms with van der Waals surface area (Å²) >= 11 is 2.31. The second kappa shape index (κ2) is 6.31. The molecule has 0 aliphatic rings. The third kappa shape index (κ3) is 2.90. The van der Waals surface area contributed by atoms with E-state index in [9.17, 15) is 0 Å². The molecule has 18 heavy (non-hydrogen) atoms. The molecule has 1 atom stereocenters. The minimum Gasteiger partial charge on any atom is -0.271 e. The number of benzene rings is 1. The van der Waals surface area contributed by atoms with Gasteiger partial charge in [-0.05, 0) is 52.8 Å². The monoisotopic (exact) mass is 356 g/mol. The third-order valence-electron chi connectivity index (χ3n) is 2.83. The zero-order valence-electron chi connectivity index (χ0n) is 10.3. The van der Waals surface area contributed by atoms with Crippen molar-refractivity contribution >= 4 is 22.6 Å². The number of aryl methyl sites for hydroxylation is 1. The number of aromatic nitrogens is 2. The molecule has 5 heteroatoms. The van der Waals surface area contributed by atoms with Crippen LogP contribution in [0.4, 0.5) is 0 Å². The van der Waals surface area contributed by atoms with E-state index in [0.29, 0.717) is 0 Å². The second-order valence-corrected chi connectivity index (χ2v) is 5.38. The summed E-state index contributed by atoms with van der Waals surface area (Å²) in [5.74, 6) is 5.72. The minimum absolute atomic E-state index is 0.0197. The van der Waals surface area contributed by atoms with Gasteiger partial charge in [-0.3, -0.25) is 10.5 Å². The van der Waals surface area contributed by atoms with Crippen molar-refractivity contribution in [1.29, 1.82) is 0 Å². The van der Waals surface area contributed by atoms with Crippen LogP contribution in [0, 0.1) is 3.57 Å². The molecule has 4 nitrogen and oxygen atoms in total. The Labute approximate surface area is 121 Å². The third-order valence-corrected chi connectivity index (χ3v) is 3.50. The lowest BCUT2D eigenvalue weighted by Gasteiger charge is -2.18. The standard InChI is InChI=1S/C13H17IN4/c1-2-8-18-12(6-7-16-18)13(17-15)10-4-3-5-11(14)9-10/h3-7,9,13,17H,2,8,15H2,1H3. The molecule has 1 unspecified atom stereocenters. The summed E-state index contributed by atoms with van der Waals surface area (Å²) in [6.45, 7) is 3.05. The van der Waals surface area contributed by atoms with E-state index in [1.54, 1.807) is 0 Å². The Morgan fingerprint density at radius 2 is 2.28 bits per heavy atom. The SMILES string of the molecule is CCCn1nccc1C(NN)c1cccc(I)c1. The molecule has 0 saturated heterocycles. The van der Waals surface area contributed by atoms with Crippen molar-refractivity contribution < 1.29 is 0 Å². The van der Waals surface area contributed by atoms with Gasteiger partial charge in [0, 0.05) is 16.3 Å². The molecule has 1 heterocycles. The van der Waals surface area contributed by atoms with E-state index >= 15 is 0 Å². The molecule has 0 saturated carbocycles. The Morgan fingerprint density at radius 3 is 2.94 bits per heavy atom. The number of nitrogens with one attached hydrogen (secondary N) is 1. The van der Waals surface area contributed by atoms with Crippen LogP contribution >= 0.6 is 22.6 Å². The number of rotatable bonds is 5. The summed E-state index contributed by atoms with van der Waals surface area (Å²) in [5, 5.41) is 4.34. The number of nitrogens with zero attached hydrogens (tertiary/aromatic N) is 2. The molecular weight excluding hydrogens is 339 g/mol. The van der Waals surface area contributed by atoms with Crippen molar-refractivity contribution in [2.45, 2.75) is 25.9 Å². The molecule has 2 rings (SSSR count). The van der Waals surface area contributed by atoms with Gasteiger partial charge in [0.05, 0.1) is 11.7 Å². The van der Waals surface area contributed by atoms with Gasteiger partial charge in [-0.15, -0.1) is 0 Å². The van der Waals surface area contributed by atoms with Gasteiger partial charge in [-0.1, -0.05) is 19.1 Å². The van der Waals surface area contributed by atoms with E-state index < -0.39 is 0 Å². The molecule has 3 N–H and O–H groups in total. The zero-order valence-corrected chi connectivity index (χ0v) is 12.5. The fraction of sp³-hybridized carbons (Fsp3) is 0.308. The lowest BCUT2D eigenvalue weighted by atomic mass is 10.0. The van der Waals surface area contributed by atoms with E-state index in [0.717, 1.165) is 24.2 Å². The predicted octanol–water partition coefficient (Wildman–Crippen LogP) is 2.45. The first-order chi connectivity index (χ1) is 8.76. The van der Waals surface area contributed by atoms with Crippen LogP contribution in [0.5, 0.6) is 0 Å². The summed E-state index contributed by atoms with van der Waals surface area (Å²) in [4.78, 5) is 0. The summed E-state index contributed by atoms with van der Waals surface area (Å²) in [7, 11) is 0. The van der Waals surface area contributed by atoms with Crippen molar-refractivity contribution in [2.24, 2.45) is 5.84 Å². The Morgan fingerprint density at radius 1 is 1.44 bits per heavy atom. The van der Waals surface area contributed by atoms with Gasteiger partial charge in [0.2, 0.25) is 0 Å². The van der Waals surface area contributed by atoms with Crippen molar-refractivity contribution in [3.63, 3.8) is 0 Å². The molecule has 0 spiro atoms. The molecule has 0 bridgehead atoms. The van der Waals surface area contributed by atoms with E-state index in [4.69, 9.17) is 5.84 Å². The van der Waals surface area contributed by atoms with E-state index in [-0.39, 0.29) is 6.04 Å². The fourth-order valence-electron chi connectivity index (χ4n) is 2.03. The number of hydrazine groups is 1. The van der Waals surface area contributed by atoms with Crippen LogP contribution in [0.25, 0.3) is 0 Å². The lowest BCUT2D eigenvalue weighted by molar-refractivity contribution is 0.521. The molecule has 1 aromatic carbocycles. The quantitative estimate of drug-likeness (QED) is 0.492. The maximum atomic E-state index is 5.72. The predicted molar refractivity (Wildman–Crippen MR) is 80.8 cm³/mol. The van der Waals surface area contributed by atoms with E-state index in [2.05, 4.69) is 58.2 Å². The molecule has 0 fully saturated rings. The van der Waals surface area contributed by atoms with Crippen LogP contribution in [0.3, 0.4) is 0 Å². The van der Waals surface area contributed by atoms with Gasteiger partial charge < -0.3 is 0 Å². The number of hydrogen-bond acceptors (Lipinski definition) is 3. The smallest absolute Gasteiger partial charge is 0.0878 e. The van der Waals surface area contributed by atoms with Gasteiger partial charge in [-0.2, -0.15) is 5.10 Å². The largest absolute Gasteiger partial charge is 0.271 e. The first-order valence-corrected chi connectivity index (χ1v) is 7.07. The average molecular weight is 356 g/mol. The van der Waals surface area contributed by atoms with Gasteiger partial charge in [0.15, 0.2) is 0 Å². The topological polar surface area (TPSA) is 55.9 Å². The number of hydrogen-bond donors (Lipinski definition) is 2. The van der Waals surface area contributed by atoms with Crippen LogP contribution in [-0.4, -0.2) is 9.78 Å². The van der Waals surface area contributed by atoms with Crippen LogP contribution < -0.4 is 11.3 Å². The highest BCUT2D eigenvalue weighted by Crippen LogP contribution is 2.22. The van der Waals surface area contributed by atoms with Crippen molar-refractivity contribution in [1.82, 2.24) is 15.2 Å². The van der Waals surface area contributed by atoms with Gasteiger partial charge in [-0.25, -0.2) is 5.43 Å². The van der Waals surface area contributed by atoms with Crippen molar-refractivity contribution in [2.75, 3.05) is 0 Å². The van der Waals surface area contributed by atoms with Crippen LogP contribution in [0.15, 0.2) is 36.5 Å². The van der Waals surface area contributed by atoms with Gasteiger partial charge in [0.1, 0.15) is 0 Å². The summed E-state index contributed by atoms with van der Waals surface area (Å²) < 4.78 is 3.21. The molecule has 0 radical (unpaired) electrons. The maximum absolute atomic E-state index is 5.72. The van der Waals surface area contributed by atoms with Crippen LogP contribution in [0.2, 0.25) is 0 Å². The van der Waals surface area contributed by atoms with E-state index in [1.165, 1.54) is 3.57 Å². The Bertz CT molecular complexity index is 509. The summed E-state index contributed by atoms with van der Waals surface area (Å²) in [6.07, 6.45) is 2.88. The molecule has 2 aromatic rings. The summed E-state index contributed by atoms with van der Waals surface area (Å²) in [6, 6.07) is 10.3. The van der Waals surface area contributed by atoms with Crippen LogP contribution in [-0.2, 0) is 6.54 Å².